The van der Waals surface area contributed by atoms with E-state index in [2.05, 4.69) is 0 Å². The van der Waals surface area contributed by atoms with Gasteiger partial charge in [0.15, 0.2) is 35.5 Å². The number of nitrogens with zero attached hydrogens (tertiary/aromatic N) is 1. The molecule has 298 valence electrons. The molecule has 0 aliphatic carbocycles. The van der Waals surface area contributed by atoms with Gasteiger partial charge in [0, 0.05) is 6.26 Å². The second-order valence-corrected chi connectivity index (χ2v) is 47.6. The number of hydrogen-bond donors (Lipinski definition) is 0. The maximum absolute atomic E-state index is 11.5. The van der Waals surface area contributed by atoms with Crippen molar-refractivity contribution >= 4 is 99.8 Å². The van der Waals surface area contributed by atoms with Crippen molar-refractivity contribution in [2.75, 3.05) is 50.0 Å². The van der Waals surface area contributed by atoms with E-state index in [4.69, 9.17) is 30.5 Å². The van der Waals surface area contributed by atoms with E-state index in [9.17, 15) is 35.8 Å². The number of hydrogen-bond acceptors (Lipinski definition) is 15. The summed E-state index contributed by atoms with van der Waals surface area (Å²) < 4.78 is 119. The van der Waals surface area contributed by atoms with Crippen molar-refractivity contribution in [3.05, 3.63) is 0 Å². The van der Waals surface area contributed by atoms with Crippen LogP contribution in [-0.4, -0.2) is 100 Å². The SMILES string of the molecule is C[P+](=O)O[Si](C)(C)O[P+](C)=O.C[Si](C)(C)O[P+](=O)CCC#N.C[Si](C)(C)O[P+](=O)CCS(C)(=O)=O.C[Si](C)(C)O[P+](=O)CC[P+](=O)O[Si](C)(C)C. The van der Waals surface area contributed by atoms with E-state index in [1.54, 1.807) is 13.1 Å². The molecule has 0 spiro atoms. The lowest BCUT2D eigenvalue weighted by Gasteiger charge is -2.06. The standard InChI is InChI=1S/C8H22O4P2Si2.C6H13NO2PSi.C6H16O4PSSi.C4H12O4P2Si/c1-15(2,3)11-13(9)7-8-14(10)12-16(4,5)6;1-11(2,3)9-10(8)6-4-5-7;1-12(8,9)6-5-11(7)10-13(2,3)4;1-9(5)7-11(3,4)8-10(2)6/h7-8H2,1-6H3;4,6H2,1-3H3;5-6H2,1-4H3;1-4H3/q+2;2*+1;+2. The highest BCUT2D eigenvalue weighted by Crippen LogP contribution is 2.35. The molecule has 0 bridgehead atoms. The van der Waals surface area contributed by atoms with Crippen LogP contribution in [0.15, 0.2) is 0 Å². The molecule has 0 saturated carbocycles. The summed E-state index contributed by atoms with van der Waals surface area (Å²) in [7, 11) is -22.4. The first-order chi connectivity index (χ1) is 22.4. The zero-order valence-electron chi connectivity index (χ0n) is 33.5. The van der Waals surface area contributed by atoms with Crippen LogP contribution in [0.2, 0.25) is 91.7 Å². The average molecular weight is 948 g/mol. The van der Waals surface area contributed by atoms with Crippen LogP contribution in [0.25, 0.3) is 0 Å². The second-order valence-electron chi connectivity index (χ2n) is 15.0. The van der Waals surface area contributed by atoms with Gasteiger partial charge in [-0.3, -0.25) is 0 Å². The lowest BCUT2D eigenvalue weighted by molar-refractivity contribution is 0.408. The van der Waals surface area contributed by atoms with Gasteiger partial charge >= 0.3 is 56.7 Å². The highest BCUT2D eigenvalue weighted by Gasteiger charge is 2.42. The van der Waals surface area contributed by atoms with Gasteiger partial charge in [0.1, 0.15) is 0 Å². The van der Waals surface area contributed by atoms with Crippen molar-refractivity contribution in [2.24, 2.45) is 0 Å². The van der Waals surface area contributed by atoms with Crippen LogP contribution in [0.1, 0.15) is 6.42 Å². The molecule has 0 aliphatic rings. The fraction of sp³-hybridized carbons (Fsp3) is 0.958. The number of sulfone groups is 1. The zero-order chi connectivity index (χ0) is 41.7. The Kier molecular flexibility index (Phi) is 31.6. The lowest BCUT2D eigenvalue weighted by Crippen LogP contribution is -2.29. The van der Waals surface area contributed by atoms with Crippen LogP contribution >= 0.6 is 48.2 Å². The first-order valence-corrected chi connectivity index (χ1v) is 42.9. The van der Waals surface area contributed by atoms with Crippen LogP contribution in [0, 0.1) is 11.3 Å². The lowest BCUT2D eigenvalue weighted by atomic mass is 10.6. The van der Waals surface area contributed by atoms with Gasteiger partial charge in [-0.25, -0.2) is 25.3 Å². The summed E-state index contributed by atoms with van der Waals surface area (Å²) in [6, 6.07) is 1.94. The smallest absolute Gasteiger partial charge is 0.229 e. The van der Waals surface area contributed by atoms with Crippen LogP contribution in [0.4, 0.5) is 0 Å². The van der Waals surface area contributed by atoms with E-state index < -0.39 is 99.8 Å². The molecular weight excluding hydrogens is 885 g/mol. The summed E-state index contributed by atoms with van der Waals surface area (Å²) >= 11 is 0. The molecule has 51 heavy (non-hydrogen) atoms. The van der Waals surface area contributed by atoms with Crippen molar-refractivity contribution in [1.82, 2.24) is 0 Å². The number of nitriles is 1. The quantitative estimate of drug-likeness (QED) is 0.0819. The molecule has 0 aromatic heterocycles. The molecule has 27 heteroatoms. The molecule has 0 aromatic rings. The van der Waals surface area contributed by atoms with Crippen molar-refractivity contribution in [3.63, 3.8) is 0 Å². The molecule has 0 rings (SSSR count). The largest absolute Gasteiger partial charge is 0.500 e. The van der Waals surface area contributed by atoms with Gasteiger partial charge in [-0.2, -0.15) is 13.7 Å². The Balaban J connectivity index is -0.000000292. The Morgan fingerprint density at radius 2 is 0.745 bits per heavy atom. The topological polar surface area (TPSA) is 216 Å². The third-order valence-corrected chi connectivity index (χ3v) is 25.3. The van der Waals surface area contributed by atoms with Gasteiger partial charge in [0.25, 0.3) is 33.3 Å². The van der Waals surface area contributed by atoms with Crippen molar-refractivity contribution < 1.29 is 61.1 Å². The van der Waals surface area contributed by atoms with Crippen molar-refractivity contribution in [1.29, 1.82) is 5.26 Å². The van der Waals surface area contributed by atoms with Gasteiger partial charge in [-0.15, -0.1) is 0 Å². The molecule has 0 radical (unpaired) electrons. The Morgan fingerprint density at radius 1 is 0.490 bits per heavy atom. The summed E-state index contributed by atoms with van der Waals surface area (Å²) in [5.74, 6) is -0.0628. The molecular formula is C24H63NO14P6SSi5+6. The highest BCUT2D eigenvalue weighted by atomic mass is 32.2. The summed E-state index contributed by atoms with van der Waals surface area (Å²) in [4.78, 5) is 0. The van der Waals surface area contributed by atoms with Gasteiger partial charge in [-0.05, 0) is 119 Å². The fourth-order valence-corrected chi connectivity index (χ4v) is 22.7. The molecule has 0 amide bonds. The Hall–Kier alpha value is 0.884. The van der Waals surface area contributed by atoms with Crippen LogP contribution < -0.4 is 0 Å². The maximum atomic E-state index is 11.5. The van der Waals surface area contributed by atoms with Gasteiger partial charge in [0.05, 0.1) is 18.2 Å². The van der Waals surface area contributed by atoms with E-state index >= 15 is 0 Å². The van der Waals surface area contributed by atoms with Gasteiger partial charge in [-0.1, -0.05) is 0 Å². The monoisotopic (exact) mass is 947 g/mol. The minimum Gasteiger partial charge on any atom is -0.229 e. The van der Waals surface area contributed by atoms with E-state index in [0.717, 1.165) is 6.26 Å². The Labute approximate surface area is 318 Å². The maximum Gasteiger partial charge on any atom is 0.500 e. The predicted octanol–water partition coefficient (Wildman–Crippen LogP) is 10.8. The van der Waals surface area contributed by atoms with Crippen molar-refractivity contribution in [2.45, 2.75) is 98.1 Å². The van der Waals surface area contributed by atoms with E-state index in [1.807, 2.05) is 84.6 Å². The minimum atomic E-state index is -3.02. The van der Waals surface area contributed by atoms with Gasteiger partial charge < -0.3 is 0 Å². The van der Waals surface area contributed by atoms with Gasteiger partial charge in [0.2, 0.25) is 12.3 Å². The molecule has 0 N–H and O–H groups in total. The summed E-state index contributed by atoms with van der Waals surface area (Å²) in [6.45, 7) is 29.9. The first kappa shape index (κ1) is 58.6. The number of rotatable bonds is 20. The Bertz CT molecular complexity index is 1260. The third kappa shape index (κ3) is 57.8. The van der Waals surface area contributed by atoms with E-state index in [0.29, 0.717) is 24.9 Å². The van der Waals surface area contributed by atoms with Crippen LogP contribution in [0.3, 0.4) is 0 Å². The minimum absolute atomic E-state index is 0.0628. The summed E-state index contributed by atoms with van der Waals surface area (Å²) in [5.41, 5.74) is 0. The first-order valence-electron chi connectivity index (χ1n) is 15.7. The molecule has 6 atom stereocenters. The second kappa shape index (κ2) is 27.5. The van der Waals surface area contributed by atoms with E-state index in [-0.39, 0.29) is 11.9 Å². The molecule has 0 fully saturated rings. The van der Waals surface area contributed by atoms with Crippen LogP contribution in [-0.2, 0) is 62.5 Å². The van der Waals surface area contributed by atoms with E-state index in [1.165, 1.54) is 13.3 Å². The normalized spacial score (nSPS) is 14.1. The summed E-state index contributed by atoms with van der Waals surface area (Å²) in [5, 5.41) is 8.19. The average Bonchev–Trinajstić information content (AvgIpc) is 2.80. The van der Waals surface area contributed by atoms with Crippen LogP contribution in [0.5, 0.6) is 0 Å². The molecule has 0 aliphatic heterocycles. The third-order valence-electron chi connectivity index (χ3n) is 3.72. The molecule has 15 nitrogen and oxygen atoms in total. The molecule has 0 heterocycles. The predicted molar refractivity (Wildman–Crippen MR) is 224 cm³/mol. The Morgan fingerprint density at radius 3 is 0.961 bits per heavy atom. The summed E-state index contributed by atoms with van der Waals surface area (Å²) in [6.07, 6.45) is 2.59. The molecule has 0 aromatic carbocycles. The zero-order valence-corrected chi connectivity index (χ0v) is 44.7. The molecule has 6 unspecified atom stereocenters. The highest BCUT2D eigenvalue weighted by molar-refractivity contribution is 7.90. The fourth-order valence-electron chi connectivity index (χ4n) is 2.59. The van der Waals surface area contributed by atoms with Crippen molar-refractivity contribution in [3.8, 4) is 6.07 Å². The molecule has 0 saturated heterocycles.